The van der Waals surface area contributed by atoms with Gasteiger partial charge < -0.3 is 15.3 Å². The van der Waals surface area contributed by atoms with Gasteiger partial charge in [-0.05, 0) is 37.7 Å². The van der Waals surface area contributed by atoms with E-state index >= 15 is 0 Å². The summed E-state index contributed by atoms with van der Waals surface area (Å²) in [5, 5.41) is 11.2. The maximum absolute atomic E-state index is 11.6. The van der Waals surface area contributed by atoms with Crippen LogP contribution >= 0.6 is 0 Å². The predicted molar refractivity (Wildman–Crippen MR) is 111 cm³/mol. The number of rotatable bonds is 14. The number of aliphatic carboxylic acids is 1. The maximum Gasteiger partial charge on any atom is 0.328 e. The van der Waals surface area contributed by atoms with Gasteiger partial charge in [-0.2, -0.15) is 0 Å². The molecule has 5 heteroatoms. The average Bonchev–Trinajstić information content (AvgIpc) is 2.64. The van der Waals surface area contributed by atoms with Crippen molar-refractivity contribution in [1.82, 2.24) is 4.90 Å². The van der Waals surface area contributed by atoms with Crippen LogP contribution in [0.3, 0.4) is 0 Å². The molecule has 1 aromatic carbocycles. The fourth-order valence-electron chi connectivity index (χ4n) is 2.93. The minimum Gasteiger partial charge on any atom is -0.478 e. The molecule has 0 aliphatic heterocycles. The molecule has 1 rings (SSSR count). The number of benzene rings is 1. The number of carbonyl (C=O) groups is 2. The fraction of sp³-hybridized carbons (Fsp3) is 0.545. The second-order valence-corrected chi connectivity index (χ2v) is 7.07. The van der Waals surface area contributed by atoms with E-state index in [0.717, 1.165) is 25.2 Å². The van der Waals surface area contributed by atoms with Crippen molar-refractivity contribution < 1.29 is 14.7 Å². The first kappa shape index (κ1) is 22.9. The van der Waals surface area contributed by atoms with Crippen LogP contribution < -0.4 is 5.32 Å². The van der Waals surface area contributed by atoms with Crippen molar-refractivity contribution in [2.75, 3.05) is 18.9 Å². The van der Waals surface area contributed by atoms with Gasteiger partial charge in [0.15, 0.2) is 0 Å². The first-order chi connectivity index (χ1) is 13.0. The van der Waals surface area contributed by atoms with Gasteiger partial charge in [0, 0.05) is 24.4 Å². The average molecular weight is 375 g/mol. The Bertz CT molecular complexity index is 582. The summed E-state index contributed by atoms with van der Waals surface area (Å²) in [6.07, 6.45) is 12.5. The summed E-state index contributed by atoms with van der Waals surface area (Å²) in [7, 11) is 2.13. The van der Waals surface area contributed by atoms with E-state index in [1.807, 2.05) is 24.3 Å². The Morgan fingerprint density at radius 2 is 1.56 bits per heavy atom. The number of nitrogens with one attached hydrogen (secondary N) is 1. The number of anilines is 1. The number of carbonyl (C=O) groups excluding carboxylic acids is 1. The highest BCUT2D eigenvalue weighted by atomic mass is 16.4. The lowest BCUT2D eigenvalue weighted by atomic mass is 10.1. The minimum atomic E-state index is -1.14. The lowest BCUT2D eigenvalue weighted by Crippen LogP contribution is -2.19. The topological polar surface area (TPSA) is 69.6 Å². The Labute approximate surface area is 163 Å². The van der Waals surface area contributed by atoms with Gasteiger partial charge in [-0.25, -0.2) is 4.79 Å². The number of unbranched alkanes of at least 4 members (excludes halogenated alkanes) is 7. The van der Waals surface area contributed by atoms with Crippen LogP contribution in [0, 0.1) is 0 Å². The van der Waals surface area contributed by atoms with E-state index in [-0.39, 0.29) is 0 Å². The van der Waals surface area contributed by atoms with Gasteiger partial charge in [0.2, 0.25) is 5.91 Å². The van der Waals surface area contributed by atoms with Crippen molar-refractivity contribution in [1.29, 1.82) is 0 Å². The Morgan fingerprint density at radius 1 is 0.963 bits per heavy atom. The van der Waals surface area contributed by atoms with Crippen molar-refractivity contribution in [3.05, 3.63) is 42.0 Å². The molecule has 0 aromatic heterocycles. The van der Waals surface area contributed by atoms with Crippen LogP contribution in [0.15, 0.2) is 36.4 Å². The van der Waals surface area contributed by atoms with E-state index in [1.165, 1.54) is 56.9 Å². The Balaban J connectivity index is 2.22. The standard InChI is InChI=1S/C22H34N2O3/c1-3-4-5-6-7-8-9-10-17-24(2)18-19-11-13-20(14-12-19)23-21(25)15-16-22(26)27/h11-16H,3-10,17-18H2,1-2H3,(H,23,25)(H,26,27). The molecule has 5 nitrogen and oxygen atoms in total. The van der Waals surface area contributed by atoms with Crippen molar-refractivity contribution in [3.8, 4) is 0 Å². The van der Waals surface area contributed by atoms with Gasteiger partial charge >= 0.3 is 5.97 Å². The molecule has 0 aliphatic rings. The monoisotopic (exact) mass is 374 g/mol. The van der Waals surface area contributed by atoms with Crippen LogP contribution in [0.25, 0.3) is 0 Å². The third kappa shape index (κ3) is 12.0. The van der Waals surface area contributed by atoms with Crippen LogP contribution in [-0.4, -0.2) is 35.5 Å². The van der Waals surface area contributed by atoms with E-state index in [9.17, 15) is 9.59 Å². The number of hydrogen-bond acceptors (Lipinski definition) is 3. The molecular weight excluding hydrogens is 340 g/mol. The molecule has 0 saturated carbocycles. The van der Waals surface area contributed by atoms with Gasteiger partial charge in [-0.3, -0.25) is 4.79 Å². The molecular formula is C22H34N2O3. The van der Waals surface area contributed by atoms with Crippen molar-refractivity contribution in [2.45, 2.75) is 64.8 Å². The molecule has 0 radical (unpaired) electrons. The lowest BCUT2D eigenvalue weighted by Gasteiger charge is -2.17. The van der Waals surface area contributed by atoms with Crippen molar-refractivity contribution in [2.24, 2.45) is 0 Å². The number of hydrogen-bond donors (Lipinski definition) is 2. The molecule has 0 heterocycles. The third-order valence-electron chi connectivity index (χ3n) is 4.44. The Kier molecular flexibility index (Phi) is 11.9. The first-order valence-electron chi connectivity index (χ1n) is 10.0. The van der Waals surface area contributed by atoms with Crippen LogP contribution in [0.2, 0.25) is 0 Å². The van der Waals surface area contributed by atoms with Gasteiger partial charge in [0.05, 0.1) is 0 Å². The predicted octanol–water partition coefficient (Wildman–Crippen LogP) is 4.84. The smallest absolute Gasteiger partial charge is 0.328 e. The van der Waals surface area contributed by atoms with Gasteiger partial charge in [-0.15, -0.1) is 0 Å². The van der Waals surface area contributed by atoms with Gasteiger partial charge in [-0.1, -0.05) is 64.0 Å². The second kappa shape index (κ2) is 14.0. The molecule has 0 saturated heterocycles. The summed E-state index contributed by atoms with van der Waals surface area (Å²) in [5.41, 5.74) is 1.85. The SMILES string of the molecule is CCCCCCCCCCN(C)Cc1ccc(NC(=O)C=CC(=O)O)cc1. The van der Waals surface area contributed by atoms with E-state index in [1.54, 1.807) is 0 Å². The third-order valence-corrected chi connectivity index (χ3v) is 4.44. The van der Waals surface area contributed by atoms with E-state index in [2.05, 4.69) is 24.2 Å². The summed E-state index contributed by atoms with van der Waals surface area (Å²) >= 11 is 0. The molecule has 1 amide bonds. The van der Waals surface area contributed by atoms with E-state index in [4.69, 9.17) is 5.11 Å². The Hall–Kier alpha value is -2.14. The van der Waals surface area contributed by atoms with Gasteiger partial charge in [0.25, 0.3) is 0 Å². The molecule has 0 spiro atoms. The number of nitrogens with zero attached hydrogens (tertiary/aromatic N) is 1. The first-order valence-corrected chi connectivity index (χ1v) is 10.0. The highest BCUT2D eigenvalue weighted by Gasteiger charge is 2.03. The summed E-state index contributed by atoms with van der Waals surface area (Å²) in [6.45, 7) is 4.22. The molecule has 0 unspecified atom stereocenters. The molecule has 1 aromatic rings. The molecule has 0 atom stereocenters. The molecule has 150 valence electrons. The van der Waals surface area contributed by atoms with Crippen molar-refractivity contribution >= 4 is 17.6 Å². The molecule has 0 aliphatic carbocycles. The lowest BCUT2D eigenvalue weighted by molar-refractivity contribution is -0.131. The number of carboxylic acids is 1. The largest absolute Gasteiger partial charge is 0.478 e. The van der Waals surface area contributed by atoms with Crippen LogP contribution in [0.1, 0.15) is 63.9 Å². The minimum absolute atomic E-state index is 0.447. The van der Waals surface area contributed by atoms with E-state index in [0.29, 0.717) is 5.69 Å². The quantitative estimate of drug-likeness (QED) is 0.361. The molecule has 0 bridgehead atoms. The summed E-state index contributed by atoms with van der Waals surface area (Å²) in [5.74, 6) is -1.59. The Morgan fingerprint density at radius 3 is 2.15 bits per heavy atom. The fourth-order valence-corrected chi connectivity index (χ4v) is 2.93. The zero-order valence-electron chi connectivity index (χ0n) is 16.7. The van der Waals surface area contributed by atoms with Crippen LogP contribution in [-0.2, 0) is 16.1 Å². The summed E-state index contributed by atoms with van der Waals surface area (Å²) in [6, 6.07) is 7.65. The number of carboxylic acid groups (broad SMARTS) is 1. The zero-order valence-corrected chi connectivity index (χ0v) is 16.7. The summed E-state index contributed by atoms with van der Waals surface area (Å²) < 4.78 is 0. The maximum atomic E-state index is 11.6. The number of amides is 1. The summed E-state index contributed by atoms with van der Waals surface area (Å²) in [4.78, 5) is 24.3. The molecule has 27 heavy (non-hydrogen) atoms. The molecule has 2 N–H and O–H groups in total. The van der Waals surface area contributed by atoms with Crippen LogP contribution in [0.5, 0.6) is 0 Å². The zero-order chi connectivity index (χ0) is 19.9. The van der Waals surface area contributed by atoms with Crippen LogP contribution in [0.4, 0.5) is 5.69 Å². The second-order valence-electron chi connectivity index (χ2n) is 7.07. The molecule has 0 fully saturated rings. The van der Waals surface area contributed by atoms with Gasteiger partial charge in [0.1, 0.15) is 0 Å². The van der Waals surface area contributed by atoms with E-state index < -0.39 is 11.9 Å². The highest BCUT2D eigenvalue weighted by Crippen LogP contribution is 2.12. The van der Waals surface area contributed by atoms with Crippen molar-refractivity contribution in [3.63, 3.8) is 0 Å². The normalized spacial score (nSPS) is 11.2. The highest BCUT2D eigenvalue weighted by molar-refractivity contribution is 6.02.